The van der Waals surface area contributed by atoms with Crippen LogP contribution in [0.15, 0.2) is 18.2 Å². The van der Waals surface area contributed by atoms with Gasteiger partial charge in [0, 0.05) is 5.82 Å². The first kappa shape index (κ1) is 20.4. The fourth-order valence-corrected chi connectivity index (χ4v) is 2.77. The fraction of sp³-hybridized carbons (Fsp3) is 0.556. The van der Waals surface area contributed by atoms with Gasteiger partial charge in [-0.15, -0.1) is 0 Å². The molecule has 1 atom stereocenters. The third-order valence-corrected chi connectivity index (χ3v) is 4.93. The number of carboxylic acids is 1. The SMILES string of the molecule is CCOC(=O)CC(B1OC(C)(C)C(C)(C)O1)c1cc(C(=O)O)ccc1F. The van der Waals surface area contributed by atoms with Gasteiger partial charge in [-0.1, -0.05) is 0 Å². The molecule has 1 N–H and O–H groups in total. The lowest BCUT2D eigenvalue weighted by atomic mass is 9.66. The molecule has 0 radical (unpaired) electrons. The second kappa shape index (κ2) is 7.36. The molecule has 1 heterocycles. The van der Waals surface area contributed by atoms with E-state index in [2.05, 4.69) is 0 Å². The Bertz CT molecular complexity index is 687. The highest BCUT2D eigenvalue weighted by atomic mass is 19.1. The third-order valence-electron chi connectivity index (χ3n) is 4.93. The topological polar surface area (TPSA) is 82.1 Å². The fourth-order valence-electron chi connectivity index (χ4n) is 2.77. The van der Waals surface area contributed by atoms with E-state index >= 15 is 0 Å². The van der Waals surface area contributed by atoms with E-state index in [-0.39, 0.29) is 24.2 Å². The summed E-state index contributed by atoms with van der Waals surface area (Å²) < 4.78 is 31.4. The van der Waals surface area contributed by atoms with Crippen LogP contribution in [0.3, 0.4) is 0 Å². The molecule has 1 saturated heterocycles. The zero-order valence-electron chi connectivity index (χ0n) is 15.7. The highest BCUT2D eigenvalue weighted by Gasteiger charge is 2.54. The Morgan fingerprint density at radius 2 is 1.81 bits per heavy atom. The molecule has 6 nitrogen and oxygen atoms in total. The van der Waals surface area contributed by atoms with Gasteiger partial charge in [-0.25, -0.2) is 9.18 Å². The molecule has 1 fully saturated rings. The molecule has 1 aromatic carbocycles. The van der Waals surface area contributed by atoms with E-state index in [1.165, 1.54) is 12.1 Å². The minimum atomic E-state index is -1.19. The van der Waals surface area contributed by atoms with Crippen molar-refractivity contribution in [3.63, 3.8) is 0 Å². The van der Waals surface area contributed by atoms with Gasteiger partial charge >= 0.3 is 19.1 Å². The molecule has 0 saturated carbocycles. The van der Waals surface area contributed by atoms with Gasteiger partial charge in [0.15, 0.2) is 0 Å². The van der Waals surface area contributed by atoms with E-state index in [0.29, 0.717) is 0 Å². The van der Waals surface area contributed by atoms with Crippen LogP contribution in [0.5, 0.6) is 0 Å². The summed E-state index contributed by atoms with van der Waals surface area (Å²) in [5, 5.41) is 9.20. The van der Waals surface area contributed by atoms with Crippen molar-refractivity contribution in [3.05, 3.63) is 35.1 Å². The number of rotatable bonds is 6. The van der Waals surface area contributed by atoms with Gasteiger partial charge in [-0.2, -0.15) is 0 Å². The van der Waals surface area contributed by atoms with Gasteiger partial charge in [-0.05, 0) is 58.4 Å². The first-order valence-electron chi connectivity index (χ1n) is 8.52. The predicted molar refractivity (Wildman–Crippen MR) is 93.4 cm³/mol. The minimum Gasteiger partial charge on any atom is -0.478 e. The lowest BCUT2D eigenvalue weighted by Crippen LogP contribution is -2.41. The number of ether oxygens (including phenoxy) is 1. The van der Waals surface area contributed by atoms with Crippen molar-refractivity contribution >= 4 is 19.1 Å². The maximum Gasteiger partial charge on any atom is 0.466 e. The monoisotopic (exact) mass is 366 g/mol. The van der Waals surface area contributed by atoms with E-state index in [1.807, 2.05) is 27.7 Å². The smallest absolute Gasteiger partial charge is 0.466 e. The van der Waals surface area contributed by atoms with Crippen molar-refractivity contribution in [1.29, 1.82) is 0 Å². The number of hydrogen-bond donors (Lipinski definition) is 1. The van der Waals surface area contributed by atoms with Gasteiger partial charge in [0.1, 0.15) is 5.82 Å². The number of carbonyl (C=O) groups is 2. The van der Waals surface area contributed by atoms with Crippen LogP contribution < -0.4 is 0 Å². The number of carbonyl (C=O) groups excluding carboxylic acids is 1. The molecule has 1 aliphatic rings. The molecule has 8 heteroatoms. The van der Waals surface area contributed by atoms with Crippen LogP contribution in [0.1, 0.15) is 62.8 Å². The summed E-state index contributed by atoms with van der Waals surface area (Å²) in [6, 6.07) is 3.46. The molecule has 1 aliphatic heterocycles. The van der Waals surface area contributed by atoms with Crippen molar-refractivity contribution in [3.8, 4) is 0 Å². The second-order valence-corrected chi connectivity index (χ2v) is 7.28. The quantitative estimate of drug-likeness (QED) is 0.615. The Labute approximate surface area is 152 Å². The summed E-state index contributed by atoms with van der Waals surface area (Å²) in [7, 11) is -0.914. The first-order valence-corrected chi connectivity index (χ1v) is 8.52. The summed E-state index contributed by atoms with van der Waals surface area (Å²) in [5.41, 5.74) is -1.38. The lowest BCUT2D eigenvalue weighted by molar-refractivity contribution is -0.143. The largest absolute Gasteiger partial charge is 0.478 e. The molecule has 0 aromatic heterocycles. The molecule has 2 rings (SSSR count). The molecule has 26 heavy (non-hydrogen) atoms. The number of carboxylic acid groups (broad SMARTS) is 1. The van der Waals surface area contributed by atoms with E-state index in [0.717, 1.165) is 6.07 Å². The summed E-state index contributed by atoms with van der Waals surface area (Å²) in [6.45, 7) is 9.24. The number of aromatic carboxylic acids is 1. The Kier molecular flexibility index (Phi) is 5.77. The summed E-state index contributed by atoms with van der Waals surface area (Å²) in [4.78, 5) is 23.3. The van der Waals surface area contributed by atoms with Crippen molar-refractivity contribution in [2.45, 2.75) is 58.1 Å². The number of halogens is 1. The summed E-state index contributed by atoms with van der Waals surface area (Å²) in [5.74, 6) is -3.18. The number of hydrogen-bond acceptors (Lipinski definition) is 5. The normalized spacial score (nSPS) is 19.2. The first-order chi connectivity index (χ1) is 12.0. The van der Waals surface area contributed by atoms with E-state index < -0.39 is 41.9 Å². The van der Waals surface area contributed by atoms with Crippen LogP contribution in [0, 0.1) is 5.82 Å². The molecule has 0 bridgehead atoms. The molecule has 142 valence electrons. The standard InChI is InChI=1S/C18H24BFO6/c1-6-24-15(21)10-13(19-25-17(2,3)18(4,5)26-19)12-9-11(16(22)23)7-8-14(12)20/h7-9,13H,6,10H2,1-5H3,(H,22,23). The number of benzene rings is 1. The average Bonchev–Trinajstić information content (AvgIpc) is 2.73. The molecule has 1 unspecified atom stereocenters. The Morgan fingerprint density at radius 3 is 2.31 bits per heavy atom. The minimum absolute atomic E-state index is 0.0523. The number of esters is 1. The van der Waals surface area contributed by atoms with Crippen LogP contribution >= 0.6 is 0 Å². The highest BCUT2D eigenvalue weighted by molar-refractivity contribution is 6.48. The van der Waals surface area contributed by atoms with Gasteiger partial charge in [-0.3, -0.25) is 4.79 Å². The van der Waals surface area contributed by atoms with Gasteiger partial charge in [0.05, 0.1) is 29.8 Å². The molecule has 0 aliphatic carbocycles. The maximum atomic E-state index is 14.5. The van der Waals surface area contributed by atoms with Crippen LogP contribution in [0.25, 0.3) is 0 Å². The van der Waals surface area contributed by atoms with Gasteiger partial charge in [0.2, 0.25) is 0 Å². The Balaban J connectivity index is 2.44. The van der Waals surface area contributed by atoms with Crippen molar-refractivity contribution < 1.29 is 33.1 Å². The molecular weight excluding hydrogens is 342 g/mol. The van der Waals surface area contributed by atoms with Crippen LogP contribution in [0.4, 0.5) is 4.39 Å². The third kappa shape index (κ3) is 4.07. The summed E-state index contributed by atoms with van der Waals surface area (Å²) in [6.07, 6.45) is -0.190. The van der Waals surface area contributed by atoms with Crippen LogP contribution in [-0.4, -0.2) is 42.0 Å². The van der Waals surface area contributed by atoms with E-state index in [9.17, 15) is 19.1 Å². The van der Waals surface area contributed by atoms with Crippen molar-refractivity contribution in [2.75, 3.05) is 6.61 Å². The van der Waals surface area contributed by atoms with Crippen molar-refractivity contribution in [2.24, 2.45) is 0 Å². The lowest BCUT2D eigenvalue weighted by Gasteiger charge is -2.32. The Hall–Kier alpha value is -1.93. The molecule has 0 spiro atoms. The van der Waals surface area contributed by atoms with Crippen molar-refractivity contribution in [1.82, 2.24) is 0 Å². The predicted octanol–water partition coefficient (Wildman–Crippen LogP) is 3.19. The second-order valence-electron chi connectivity index (χ2n) is 7.28. The Morgan fingerprint density at radius 1 is 1.23 bits per heavy atom. The summed E-state index contributed by atoms with van der Waals surface area (Å²) >= 11 is 0. The average molecular weight is 366 g/mol. The van der Waals surface area contributed by atoms with Crippen LogP contribution in [0.2, 0.25) is 0 Å². The van der Waals surface area contributed by atoms with Crippen LogP contribution in [-0.2, 0) is 18.8 Å². The zero-order chi connectivity index (χ0) is 19.7. The zero-order valence-corrected chi connectivity index (χ0v) is 15.7. The van der Waals surface area contributed by atoms with Gasteiger partial charge < -0.3 is 19.2 Å². The maximum absolute atomic E-state index is 14.5. The van der Waals surface area contributed by atoms with Gasteiger partial charge in [0.25, 0.3) is 0 Å². The molecular formula is C18H24BFO6. The molecule has 0 amide bonds. The molecule has 1 aromatic rings. The van der Waals surface area contributed by atoms with E-state index in [1.54, 1.807) is 6.92 Å². The highest BCUT2D eigenvalue weighted by Crippen LogP contribution is 2.42. The van der Waals surface area contributed by atoms with E-state index in [4.69, 9.17) is 14.0 Å².